The molecule has 19 heavy (non-hydrogen) atoms. The Morgan fingerprint density at radius 2 is 1.74 bits per heavy atom. The van der Waals surface area contributed by atoms with E-state index < -0.39 is 5.60 Å². The minimum atomic E-state index is -0.617. The highest BCUT2D eigenvalue weighted by Crippen LogP contribution is 2.18. The lowest BCUT2D eigenvalue weighted by molar-refractivity contribution is 0.0242. The van der Waals surface area contributed by atoms with Gasteiger partial charge >= 0.3 is 0 Å². The van der Waals surface area contributed by atoms with E-state index in [1.165, 1.54) is 51.4 Å². The maximum atomic E-state index is 10.3. The van der Waals surface area contributed by atoms with Crippen LogP contribution in [0.1, 0.15) is 71.6 Å². The molecule has 0 saturated carbocycles. The summed E-state index contributed by atoms with van der Waals surface area (Å²) in [5.41, 5.74) is -0.617. The number of rotatable bonds is 11. The van der Waals surface area contributed by atoms with Gasteiger partial charge in [0, 0.05) is 25.6 Å². The van der Waals surface area contributed by atoms with Crippen molar-refractivity contribution < 1.29 is 9.84 Å². The van der Waals surface area contributed by atoms with Crippen LogP contribution in [0.3, 0.4) is 0 Å². The van der Waals surface area contributed by atoms with Crippen molar-refractivity contribution in [1.82, 2.24) is 5.32 Å². The molecule has 1 unspecified atom stereocenters. The monoisotopic (exact) mass is 271 g/mol. The van der Waals surface area contributed by atoms with Gasteiger partial charge in [-0.3, -0.25) is 0 Å². The normalized spacial score (nSPS) is 23.4. The summed E-state index contributed by atoms with van der Waals surface area (Å²) in [5.74, 6) is 0. The third-order valence-electron chi connectivity index (χ3n) is 4.11. The second-order valence-electron chi connectivity index (χ2n) is 6.10. The summed E-state index contributed by atoms with van der Waals surface area (Å²) >= 11 is 0. The molecular weight excluding hydrogens is 238 g/mol. The first-order valence-corrected chi connectivity index (χ1v) is 8.23. The first-order chi connectivity index (χ1) is 9.20. The van der Waals surface area contributed by atoms with Crippen LogP contribution in [0, 0.1) is 0 Å². The average molecular weight is 271 g/mol. The Morgan fingerprint density at radius 3 is 2.21 bits per heavy atom. The quantitative estimate of drug-likeness (QED) is 0.567. The van der Waals surface area contributed by atoms with E-state index >= 15 is 0 Å². The van der Waals surface area contributed by atoms with Crippen LogP contribution in [-0.2, 0) is 4.74 Å². The van der Waals surface area contributed by atoms with Gasteiger partial charge in [0.25, 0.3) is 0 Å². The number of hydrogen-bond acceptors (Lipinski definition) is 3. The minimum absolute atomic E-state index is 0.497. The van der Waals surface area contributed by atoms with E-state index in [-0.39, 0.29) is 0 Å². The Hall–Kier alpha value is -0.120. The molecule has 1 aliphatic heterocycles. The highest BCUT2D eigenvalue weighted by molar-refractivity contribution is 4.86. The summed E-state index contributed by atoms with van der Waals surface area (Å²) in [5, 5.41) is 13.9. The van der Waals surface area contributed by atoms with Gasteiger partial charge in [-0.15, -0.1) is 0 Å². The Kier molecular flexibility index (Phi) is 8.67. The van der Waals surface area contributed by atoms with Crippen LogP contribution in [0.5, 0.6) is 0 Å². The molecule has 1 aliphatic rings. The van der Waals surface area contributed by atoms with Crippen molar-refractivity contribution in [3.8, 4) is 0 Å². The molecule has 114 valence electrons. The van der Waals surface area contributed by atoms with Crippen molar-refractivity contribution >= 4 is 0 Å². The third-order valence-corrected chi connectivity index (χ3v) is 4.11. The fraction of sp³-hybridized carbons (Fsp3) is 1.00. The minimum Gasteiger partial charge on any atom is -0.386 e. The molecule has 0 amide bonds. The zero-order chi connectivity index (χ0) is 14.0. The Bertz CT molecular complexity index is 205. The molecule has 0 aliphatic carbocycles. The highest BCUT2D eigenvalue weighted by Gasteiger charge is 2.32. The van der Waals surface area contributed by atoms with Crippen LogP contribution in [0.2, 0.25) is 0 Å². The van der Waals surface area contributed by atoms with Crippen molar-refractivity contribution in [2.45, 2.75) is 83.3 Å². The smallest absolute Gasteiger partial charge is 0.102 e. The largest absolute Gasteiger partial charge is 0.386 e. The molecule has 1 rings (SSSR count). The number of nitrogens with one attached hydrogen (secondary N) is 1. The van der Waals surface area contributed by atoms with Gasteiger partial charge < -0.3 is 15.2 Å². The third kappa shape index (κ3) is 7.28. The van der Waals surface area contributed by atoms with Crippen LogP contribution < -0.4 is 5.32 Å². The predicted molar refractivity (Wildman–Crippen MR) is 80.5 cm³/mol. The van der Waals surface area contributed by atoms with Gasteiger partial charge in [0.2, 0.25) is 0 Å². The number of unbranched alkanes of at least 4 members (excludes halogenated alkanes) is 4. The van der Waals surface area contributed by atoms with E-state index in [1.807, 2.05) is 0 Å². The van der Waals surface area contributed by atoms with E-state index in [0.717, 1.165) is 6.42 Å². The van der Waals surface area contributed by atoms with Crippen molar-refractivity contribution in [2.75, 3.05) is 19.8 Å². The summed E-state index contributed by atoms with van der Waals surface area (Å²) in [6, 6.07) is 0.572. The number of ether oxygens (including phenoxy) is 1. The fourth-order valence-electron chi connectivity index (χ4n) is 2.70. The van der Waals surface area contributed by atoms with Gasteiger partial charge in [-0.05, 0) is 12.8 Å². The van der Waals surface area contributed by atoms with Gasteiger partial charge in [0.1, 0.15) is 5.60 Å². The van der Waals surface area contributed by atoms with Crippen LogP contribution >= 0.6 is 0 Å². The lowest BCUT2D eigenvalue weighted by atomic mass is 9.99. The van der Waals surface area contributed by atoms with Crippen molar-refractivity contribution in [2.24, 2.45) is 0 Å². The topological polar surface area (TPSA) is 41.5 Å². The van der Waals surface area contributed by atoms with Gasteiger partial charge in [-0.1, -0.05) is 52.4 Å². The zero-order valence-electron chi connectivity index (χ0n) is 12.9. The molecule has 3 heteroatoms. The van der Waals surface area contributed by atoms with Crippen LogP contribution in [0.15, 0.2) is 0 Å². The molecule has 1 atom stereocenters. The molecule has 0 aromatic carbocycles. The van der Waals surface area contributed by atoms with Gasteiger partial charge in [0.05, 0.1) is 6.61 Å². The zero-order valence-corrected chi connectivity index (χ0v) is 12.9. The first kappa shape index (κ1) is 16.9. The fourth-order valence-corrected chi connectivity index (χ4v) is 2.70. The summed E-state index contributed by atoms with van der Waals surface area (Å²) in [7, 11) is 0. The van der Waals surface area contributed by atoms with Crippen LogP contribution in [0.4, 0.5) is 0 Å². The van der Waals surface area contributed by atoms with Crippen LogP contribution in [0.25, 0.3) is 0 Å². The molecule has 0 bridgehead atoms. The summed E-state index contributed by atoms with van der Waals surface area (Å²) in [4.78, 5) is 0. The predicted octanol–water partition coefficient (Wildman–Crippen LogP) is 3.26. The lowest BCUT2D eigenvalue weighted by Gasteiger charge is -2.26. The second-order valence-corrected chi connectivity index (χ2v) is 6.10. The molecule has 1 fully saturated rings. The first-order valence-electron chi connectivity index (χ1n) is 8.23. The van der Waals surface area contributed by atoms with Crippen molar-refractivity contribution in [3.63, 3.8) is 0 Å². The molecule has 0 spiro atoms. The molecule has 3 nitrogen and oxygen atoms in total. The lowest BCUT2D eigenvalue weighted by Crippen LogP contribution is -2.45. The molecular formula is C16H33NO2. The van der Waals surface area contributed by atoms with Gasteiger partial charge in [-0.2, -0.15) is 0 Å². The summed E-state index contributed by atoms with van der Waals surface area (Å²) in [6.45, 7) is 6.39. The van der Waals surface area contributed by atoms with Crippen molar-refractivity contribution in [3.05, 3.63) is 0 Å². The molecule has 2 N–H and O–H groups in total. The van der Waals surface area contributed by atoms with Crippen molar-refractivity contribution in [1.29, 1.82) is 0 Å². The summed E-state index contributed by atoms with van der Waals surface area (Å²) in [6.07, 6.45) is 11.1. The maximum Gasteiger partial charge on any atom is 0.102 e. The molecule has 1 saturated heterocycles. The Balaban J connectivity index is 2.25. The summed E-state index contributed by atoms with van der Waals surface area (Å²) < 4.78 is 5.30. The molecule has 0 radical (unpaired) electrons. The highest BCUT2D eigenvalue weighted by atomic mass is 16.5. The molecule has 0 aromatic heterocycles. The van der Waals surface area contributed by atoms with Gasteiger partial charge in [0.15, 0.2) is 0 Å². The van der Waals surface area contributed by atoms with E-state index in [2.05, 4.69) is 19.2 Å². The maximum absolute atomic E-state index is 10.3. The SMILES string of the molecule is CCCCCC(CCCCC)NCC1(O)CCOC1. The van der Waals surface area contributed by atoms with Crippen LogP contribution in [-0.4, -0.2) is 36.5 Å². The Labute approximate surface area is 119 Å². The average Bonchev–Trinajstić information content (AvgIpc) is 2.83. The number of aliphatic hydroxyl groups is 1. The van der Waals surface area contributed by atoms with E-state index in [1.54, 1.807) is 0 Å². The standard InChI is InChI=1S/C16H33NO2/c1-3-5-7-9-15(10-8-6-4-2)17-13-16(18)11-12-19-14-16/h15,17-18H,3-14H2,1-2H3. The van der Waals surface area contributed by atoms with E-state index in [4.69, 9.17) is 4.74 Å². The second kappa shape index (κ2) is 9.73. The van der Waals surface area contributed by atoms with E-state index in [0.29, 0.717) is 25.8 Å². The van der Waals surface area contributed by atoms with E-state index in [9.17, 15) is 5.11 Å². The molecule has 1 heterocycles. The molecule has 0 aromatic rings. The Morgan fingerprint density at radius 1 is 1.11 bits per heavy atom. The number of hydrogen-bond donors (Lipinski definition) is 2. The van der Waals surface area contributed by atoms with Gasteiger partial charge in [-0.25, -0.2) is 0 Å².